The molecule has 1 N–H and O–H groups in total. The fraction of sp³-hybridized carbons (Fsp3) is 0.469. The van der Waals surface area contributed by atoms with Crippen LogP contribution in [0.15, 0.2) is 70.5 Å². The van der Waals surface area contributed by atoms with Crippen molar-refractivity contribution in [1.29, 1.82) is 0 Å². The lowest BCUT2D eigenvalue weighted by Gasteiger charge is -2.38. The number of aliphatic imine (C=N–C) groups is 1. The number of amides is 1. The molecule has 1 atom stereocenters. The molecule has 2 aliphatic heterocycles. The zero-order valence-corrected chi connectivity index (χ0v) is 23.8. The molecule has 206 valence electrons. The minimum Gasteiger partial charge on any atom is -0.378 e. The van der Waals surface area contributed by atoms with Gasteiger partial charge in [0, 0.05) is 56.1 Å². The van der Waals surface area contributed by atoms with Crippen LogP contribution in [0.3, 0.4) is 0 Å². The number of hydrogen-bond donors (Lipinski definition) is 1. The number of allylic oxidation sites excluding steroid dienone is 2. The topological polar surface area (TPSA) is 70.1 Å². The molecule has 5 rings (SSSR count). The molecule has 0 unspecified atom stereocenters. The normalized spacial score (nSPS) is 22.0. The van der Waals surface area contributed by atoms with Crippen molar-refractivity contribution in [2.75, 3.05) is 53.5 Å². The van der Waals surface area contributed by atoms with Gasteiger partial charge in [0.1, 0.15) is 5.84 Å². The predicted molar refractivity (Wildman–Crippen MR) is 157 cm³/mol. The first-order valence-electron chi connectivity index (χ1n) is 14.1. The molecule has 3 heterocycles. The monoisotopic (exact) mass is 527 g/mol. The lowest BCUT2D eigenvalue weighted by molar-refractivity contribution is 0.0674. The minimum atomic E-state index is -0.0452. The van der Waals surface area contributed by atoms with E-state index in [1.807, 2.05) is 44.7 Å². The summed E-state index contributed by atoms with van der Waals surface area (Å²) in [5.41, 5.74) is 8.23. The Hall–Kier alpha value is -3.29. The number of pyridine rings is 1. The largest absolute Gasteiger partial charge is 0.378 e. The molecule has 0 radical (unpaired) electrons. The summed E-state index contributed by atoms with van der Waals surface area (Å²) in [6, 6.07) is 12.3. The highest BCUT2D eigenvalue weighted by molar-refractivity contribution is 5.97. The number of amidine groups is 1. The van der Waals surface area contributed by atoms with Crippen LogP contribution >= 0.6 is 0 Å². The molecule has 1 aromatic heterocycles. The minimum absolute atomic E-state index is 0.0452. The van der Waals surface area contributed by atoms with Gasteiger partial charge < -0.3 is 19.9 Å². The Morgan fingerprint density at radius 2 is 1.90 bits per heavy atom. The van der Waals surface area contributed by atoms with Crippen LogP contribution in [0.25, 0.3) is 5.70 Å². The molecule has 7 heteroatoms. The van der Waals surface area contributed by atoms with Crippen molar-refractivity contribution in [2.24, 2.45) is 4.99 Å². The number of ether oxygens (including phenoxy) is 1. The fourth-order valence-corrected chi connectivity index (χ4v) is 5.93. The van der Waals surface area contributed by atoms with Crippen LogP contribution in [0, 0.1) is 0 Å². The molecule has 1 saturated carbocycles. The fourth-order valence-electron chi connectivity index (χ4n) is 5.93. The third kappa shape index (κ3) is 6.15. The number of carbonyl (C=O) groups is 1. The number of nitrogens with zero attached hydrogens (tertiary/aromatic N) is 4. The van der Waals surface area contributed by atoms with Gasteiger partial charge in [0.15, 0.2) is 0 Å². The van der Waals surface area contributed by atoms with E-state index in [2.05, 4.69) is 52.1 Å². The Balaban J connectivity index is 1.54. The summed E-state index contributed by atoms with van der Waals surface area (Å²) in [4.78, 5) is 27.1. The van der Waals surface area contributed by atoms with Gasteiger partial charge in [-0.3, -0.25) is 9.78 Å². The van der Waals surface area contributed by atoms with Gasteiger partial charge in [-0.05, 0) is 86.7 Å². The summed E-state index contributed by atoms with van der Waals surface area (Å²) < 4.78 is 5.65. The Morgan fingerprint density at radius 1 is 1.13 bits per heavy atom. The summed E-state index contributed by atoms with van der Waals surface area (Å²) >= 11 is 0. The number of benzene rings is 1. The van der Waals surface area contributed by atoms with Crippen molar-refractivity contribution in [3.05, 3.63) is 82.2 Å². The number of likely N-dealkylation sites (N-methyl/N-ethyl adjacent to an activating group) is 1. The zero-order chi connectivity index (χ0) is 27.4. The number of hydrogen-bond acceptors (Lipinski definition) is 6. The standard InChI is InChI=1S/C32H41N5O2/c1-23-20-29(37-16-18-39-19-17-37)35-30(24-6-5-7-25(21-24)31(38)34-14-15-36(3)4)27-8-11-32(2,22-28(23)27)26-9-12-33-13-10-26/h5-7,9-10,12-13,21H,8,11,14-20,22H2,1-4H3,(H,34,38)/t32-/m0/s1. The van der Waals surface area contributed by atoms with Gasteiger partial charge in [-0.2, -0.15) is 0 Å². The first-order chi connectivity index (χ1) is 18.8. The molecule has 0 bridgehead atoms. The number of fused-ring (bicyclic) bond motifs is 1. The lowest BCUT2D eigenvalue weighted by atomic mass is 9.66. The third-order valence-electron chi connectivity index (χ3n) is 8.32. The molecule has 2 aromatic rings. The Bertz CT molecular complexity index is 1290. The van der Waals surface area contributed by atoms with E-state index in [9.17, 15) is 4.79 Å². The van der Waals surface area contributed by atoms with E-state index < -0.39 is 0 Å². The smallest absolute Gasteiger partial charge is 0.251 e. The number of carbonyl (C=O) groups excluding carboxylic acids is 1. The zero-order valence-electron chi connectivity index (χ0n) is 23.8. The Kier molecular flexibility index (Phi) is 8.29. The Morgan fingerprint density at radius 3 is 2.64 bits per heavy atom. The van der Waals surface area contributed by atoms with Crippen LogP contribution in [0.2, 0.25) is 0 Å². The van der Waals surface area contributed by atoms with Crippen LogP contribution in [-0.2, 0) is 10.2 Å². The maximum Gasteiger partial charge on any atom is 0.251 e. The van der Waals surface area contributed by atoms with Crippen molar-refractivity contribution in [2.45, 2.75) is 44.9 Å². The van der Waals surface area contributed by atoms with Crippen LogP contribution in [0.4, 0.5) is 0 Å². The van der Waals surface area contributed by atoms with Gasteiger partial charge in [0.05, 0.1) is 18.9 Å². The van der Waals surface area contributed by atoms with Crippen LogP contribution < -0.4 is 5.32 Å². The van der Waals surface area contributed by atoms with E-state index in [0.29, 0.717) is 12.1 Å². The molecule has 1 amide bonds. The number of rotatable bonds is 6. The SMILES string of the molecule is CC1=C2C[C@@](C)(c3ccncc3)CCC2=C(c2cccc(C(=O)NCCN(C)C)c2)N=C(N2CCOCC2)C1. The Labute approximate surface area is 232 Å². The van der Waals surface area contributed by atoms with E-state index >= 15 is 0 Å². The van der Waals surface area contributed by atoms with E-state index in [1.165, 1.54) is 22.3 Å². The summed E-state index contributed by atoms with van der Waals surface area (Å²) in [5.74, 6) is 1.06. The molecule has 3 aliphatic rings. The first kappa shape index (κ1) is 27.3. The molecule has 2 fully saturated rings. The van der Waals surface area contributed by atoms with E-state index in [4.69, 9.17) is 9.73 Å². The predicted octanol–water partition coefficient (Wildman–Crippen LogP) is 4.68. The third-order valence-corrected chi connectivity index (χ3v) is 8.32. The highest BCUT2D eigenvalue weighted by atomic mass is 16.5. The average Bonchev–Trinajstić information content (AvgIpc) is 3.10. The van der Waals surface area contributed by atoms with Crippen molar-refractivity contribution < 1.29 is 9.53 Å². The second-order valence-electron chi connectivity index (χ2n) is 11.5. The summed E-state index contributed by atoms with van der Waals surface area (Å²) in [6.07, 6.45) is 7.60. The molecule has 7 nitrogen and oxygen atoms in total. The summed E-state index contributed by atoms with van der Waals surface area (Å²) in [6.45, 7) is 9.24. The molecule has 1 saturated heterocycles. The number of morpholine rings is 1. The van der Waals surface area contributed by atoms with Gasteiger partial charge in [0.2, 0.25) is 0 Å². The average molecular weight is 528 g/mol. The molecule has 1 aliphatic carbocycles. The molecule has 1 aromatic carbocycles. The molecular formula is C32H41N5O2. The van der Waals surface area contributed by atoms with E-state index in [1.54, 1.807) is 0 Å². The second kappa shape index (κ2) is 11.8. The van der Waals surface area contributed by atoms with Gasteiger partial charge >= 0.3 is 0 Å². The van der Waals surface area contributed by atoms with Crippen molar-refractivity contribution in [1.82, 2.24) is 20.1 Å². The number of aromatic nitrogens is 1. The highest BCUT2D eigenvalue weighted by Crippen LogP contribution is 2.48. The van der Waals surface area contributed by atoms with Crippen LogP contribution in [0.1, 0.15) is 61.0 Å². The van der Waals surface area contributed by atoms with Gasteiger partial charge in [-0.15, -0.1) is 0 Å². The van der Waals surface area contributed by atoms with Gasteiger partial charge in [-0.25, -0.2) is 4.99 Å². The van der Waals surface area contributed by atoms with E-state index in [-0.39, 0.29) is 11.3 Å². The van der Waals surface area contributed by atoms with Crippen LogP contribution in [-0.4, -0.2) is 80.0 Å². The van der Waals surface area contributed by atoms with Gasteiger partial charge in [0.25, 0.3) is 5.91 Å². The number of nitrogens with one attached hydrogen (secondary N) is 1. The van der Waals surface area contributed by atoms with Crippen molar-refractivity contribution in [3.8, 4) is 0 Å². The lowest BCUT2D eigenvalue weighted by Crippen LogP contribution is -2.40. The molecular weight excluding hydrogens is 486 g/mol. The summed E-state index contributed by atoms with van der Waals surface area (Å²) in [5, 5.41) is 3.06. The molecule has 0 spiro atoms. The van der Waals surface area contributed by atoms with Crippen molar-refractivity contribution >= 4 is 17.4 Å². The van der Waals surface area contributed by atoms with E-state index in [0.717, 1.165) is 75.6 Å². The maximum absolute atomic E-state index is 13.0. The second-order valence-corrected chi connectivity index (χ2v) is 11.5. The maximum atomic E-state index is 13.0. The van der Waals surface area contributed by atoms with Crippen LogP contribution in [0.5, 0.6) is 0 Å². The quantitative estimate of drug-likeness (QED) is 0.591. The summed E-state index contributed by atoms with van der Waals surface area (Å²) in [7, 11) is 4.02. The highest BCUT2D eigenvalue weighted by Gasteiger charge is 2.36. The molecule has 39 heavy (non-hydrogen) atoms. The van der Waals surface area contributed by atoms with Gasteiger partial charge in [-0.1, -0.05) is 24.6 Å². The first-order valence-corrected chi connectivity index (χ1v) is 14.1. The van der Waals surface area contributed by atoms with Crippen molar-refractivity contribution in [3.63, 3.8) is 0 Å².